The van der Waals surface area contributed by atoms with Crippen molar-refractivity contribution in [1.82, 2.24) is 4.98 Å². The Labute approximate surface area is 159 Å². The number of benzene rings is 2. The predicted molar refractivity (Wildman–Crippen MR) is 106 cm³/mol. The molecule has 1 fully saturated rings. The first-order valence-corrected chi connectivity index (χ1v) is 9.44. The lowest BCUT2D eigenvalue weighted by atomic mass is 9.94. The molecule has 1 saturated heterocycles. The van der Waals surface area contributed by atoms with Crippen molar-refractivity contribution < 1.29 is 19.1 Å². The van der Waals surface area contributed by atoms with Crippen molar-refractivity contribution in [1.29, 1.82) is 0 Å². The fraction of sp³-hybridized carbons (Fsp3) is 0.364. The van der Waals surface area contributed by atoms with E-state index in [1.165, 1.54) is 32.6 Å². The number of fused-ring (bicyclic) bond motifs is 1. The highest BCUT2D eigenvalue weighted by Gasteiger charge is 2.32. The number of ether oxygens (including phenoxy) is 3. The van der Waals surface area contributed by atoms with Crippen molar-refractivity contribution in [2.45, 2.75) is 13.0 Å². The minimum absolute atomic E-state index is 0.213. The second kappa shape index (κ2) is 7.62. The summed E-state index contributed by atoms with van der Waals surface area (Å²) in [5.74, 6) is 1.53. The maximum absolute atomic E-state index is 5.63. The zero-order chi connectivity index (χ0) is 18.8. The zero-order valence-corrected chi connectivity index (χ0v) is 16.2. The molecule has 3 aromatic rings. The average Bonchev–Trinajstić information content (AvgIpc) is 3.05. The third-order valence-electron chi connectivity index (χ3n) is 5.52. The van der Waals surface area contributed by atoms with E-state index < -0.39 is 0 Å². The van der Waals surface area contributed by atoms with E-state index in [4.69, 9.17) is 14.2 Å². The second-order valence-electron chi connectivity index (χ2n) is 7.03. The van der Waals surface area contributed by atoms with Gasteiger partial charge in [-0.05, 0) is 31.2 Å². The second-order valence-corrected chi connectivity index (χ2v) is 7.03. The lowest BCUT2D eigenvalue weighted by molar-refractivity contribution is -0.933. The Morgan fingerprint density at radius 1 is 1.00 bits per heavy atom. The number of hydrogen-bond acceptors (Lipinski definition) is 3. The van der Waals surface area contributed by atoms with Crippen LogP contribution in [0.15, 0.2) is 42.5 Å². The van der Waals surface area contributed by atoms with Crippen molar-refractivity contribution in [3.8, 4) is 11.5 Å². The molecule has 1 atom stereocenters. The predicted octanol–water partition coefficient (Wildman–Crippen LogP) is 2.50. The van der Waals surface area contributed by atoms with Crippen molar-refractivity contribution in [2.24, 2.45) is 0 Å². The number of rotatable bonds is 5. The first-order valence-electron chi connectivity index (χ1n) is 9.44. The van der Waals surface area contributed by atoms with Gasteiger partial charge >= 0.3 is 0 Å². The number of quaternary nitrogens is 1. The minimum Gasteiger partial charge on any atom is -0.493 e. The number of aromatic amines is 1. The number of methoxy groups -OCH3 is 2. The van der Waals surface area contributed by atoms with Gasteiger partial charge in [-0.1, -0.05) is 18.2 Å². The molecule has 1 aliphatic heterocycles. The van der Waals surface area contributed by atoms with E-state index in [1.807, 2.05) is 6.07 Å². The fourth-order valence-corrected chi connectivity index (χ4v) is 4.23. The Morgan fingerprint density at radius 2 is 1.74 bits per heavy atom. The molecule has 0 bridgehead atoms. The highest BCUT2D eigenvalue weighted by molar-refractivity contribution is 5.85. The SMILES string of the molecule is COc1ccc([C@H](c2c(C)[nH]c3ccccc23)[NH+]2CCOCC2)cc1OC. The largest absolute Gasteiger partial charge is 0.493 e. The third kappa shape index (κ3) is 3.29. The summed E-state index contributed by atoms with van der Waals surface area (Å²) in [4.78, 5) is 5.08. The highest BCUT2D eigenvalue weighted by atomic mass is 16.5. The summed E-state index contributed by atoms with van der Waals surface area (Å²) < 4.78 is 16.7. The molecule has 0 radical (unpaired) electrons. The topological polar surface area (TPSA) is 47.9 Å². The summed E-state index contributed by atoms with van der Waals surface area (Å²) >= 11 is 0. The van der Waals surface area contributed by atoms with Crippen LogP contribution in [0.25, 0.3) is 10.9 Å². The maximum atomic E-state index is 5.63. The Balaban J connectivity index is 1.88. The van der Waals surface area contributed by atoms with Gasteiger partial charge in [-0.2, -0.15) is 0 Å². The van der Waals surface area contributed by atoms with Crippen LogP contribution < -0.4 is 14.4 Å². The van der Waals surface area contributed by atoms with Crippen LogP contribution in [-0.4, -0.2) is 45.5 Å². The molecule has 142 valence electrons. The van der Waals surface area contributed by atoms with Gasteiger partial charge in [-0.3, -0.25) is 0 Å². The summed E-state index contributed by atoms with van der Waals surface area (Å²) in [5.41, 5.74) is 4.99. The van der Waals surface area contributed by atoms with Crippen molar-refractivity contribution in [3.63, 3.8) is 0 Å². The van der Waals surface area contributed by atoms with Crippen LogP contribution >= 0.6 is 0 Å². The van der Waals surface area contributed by atoms with Gasteiger partial charge in [-0.25, -0.2) is 0 Å². The summed E-state index contributed by atoms with van der Waals surface area (Å²) in [7, 11) is 3.36. The van der Waals surface area contributed by atoms with Gasteiger partial charge < -0.3 is 24.1 Å². The van der Waals surface area contributed by atoms with E-state index in [-0.39, 0.29) is 6.04 Å². The van der Waals surface area contributed by atoms with Crippen molar-refractivity contribution >= 4 is 10.9 Å². The maximum Gasteiger partial charge on any atom is 0.161 e. The van der Waals surface area contributed by atoms with Crippen LogP contribution in [0.4, 0.5) is 0 Å². The van der Waals surface area contributed by atoms with E-state index in [0.29, 0.717) is 0 Å². The third-order valence-corrected chi connectivity index (χ3v) is 5.52. The van der Waals surface area contributed by atoms with Crippen LogP contribution in [-0.2, 0) is 4.74 Å². The van der Waals surface area contributed by atoms with Crippen molar-refractivity contribution in [3.05, 3.63) is 59.3 Å². The van der Waals surface area contributed by atoms with E-state index >= 15 is 0 Å². The summed E-state index contributed by atoms with van der Waals surface area (Å²) in [6, 6.07) is 15.0. The van der Waals surface area contributed by atoms with E-state index in [0.717, 1.165) is 37.8 Å². The van der Waals surface area contributed by atoms with Gasteiger partial charge in [0.15, 0.2) is 11.5 Å². The molecule has 0 aliphatic carbocycles. The Bertz CT molecular complexity index is 928. The molecule has 4 rings (SSSR count). The molecule has 5 heteroatoms. The standard InChI is InChI=1S/C22H26N2O3/c1-15-21(17-6-4-5-7-18(17)23-15)22(24-10-12-27-13-11-24)16-8-9-19(25-2)20(14-16)26-3/h4-9,14,22-23H,10-13H2,1-3H3/p+1/t22-/m1/s1. The van der Waals surface area contributed by atoms with Crippen LogP contribution in [0.2, 0.25) is 0 Å². The smallest absolute Gasteiger partial charge is 0.161 e. The first kappa shape index (κ1) is 17.9. The molecule has 2 aromatic carbocycles. The molecule has 2 heterocycles. The van der Waals surface area contributed by atoms with Crippen LogP contribution in [0, 0.1) is 6.92 Å². The molecule has 1 aromatic heterocycles. The number of aryl methyl sites for hydroxylation is 1. The number of nitrogens with one attached hydrogen (secondary N) is 2. The number of morpholine rings is 1. The number of para-hydroxylation sites is 1. The van der Waals surface area contributed by atoms with E-state index in [1.54, 1.807) is 14.2 Å². The minimum atomic E-state index is 0.213. The summed E-state index contributed by atoms with van der Waals surface area (Å²) in [6.07, 6.45) is 0. The summed E-state index contributed by atoms with van der Waals surface area (Å²) in [6.45, 7) is 5.72. The quantitative estimate of drug-likeness (QED) is 0.728. The molecule has 0 unspecified atom stereocenters. The monoisotopic (exact) mass is 367 g/mol. The van der Waals surface area contributed by atoms with Crippen LogP contribution in [0.1, 0.15) is 22.9 Å². The van der Waals surface area contributed by atoms with Crippen LogP contribution in [0.3, 0.4) is 0 Å². The van der Waals surface area contributed by atoms with Gasteiger partial charge in [0.25, 0.3) is 0 Å². The molecule has 0 spiro atoms. The van der Waals surface area contributed by atoms with Gasteiger partial charge in [-0.15, -0.1) is 0 Å². The molecular weight excluding hydrogens is 340 g/mol. The zero-order valence-electron chi connectivity index (χ0n) is 16.2. The van der Waals surface area contributed by atoms with Gasteiger partial charge in [0.2, 0.25) is 0 Å². The Morgan fingerprint density at radius 3 is 2.48 bits per heavy atom. The van der Waals surface area contributed by atoms with Gasteiger partial charge in [0, 0.05) is 27.7 Å². The first-order chi connectivity index (χ1) is 13.2. The highest BCUT2D eigenvalue weighted by Crippen LogP contribution is 2.35. The van der Waals surface area contributed by atoms with E-state index in [9.17, 15) is 0 Å². The van der Waals surface area contributed by atoms with Crippen molar-refractivity contribution in [2.75, 3.05) is 40.5 Å². The van der Waals surface area contributed by atoms with Gasteiger partial charge in [0.1, 0.15) is 19.1 Å². The fourth-order valence-electron chi connectivity index (χ4n) is 4.23. The average molecular weight is 367 g/mol. The lowest BCUT2D eigenvalue weighted by Gasteiger charge is -2.32. The Kier molecular flexibility index (Phi) is 5.05. The number of aromatic nitrogens is 1. The molecule has 27 heavy (non-hydrogen) atoms. The van der Waals surface area contributed by atoms with Crippen LogP contribution in [0.5, 0.6) is 11.5 Å². The number of hydrogen-bond donors (Lipinski definition) is 2. The van der Waals surface area contributed by atoms with Gasteiger partial charge in [0.05, 0.1) is 27.4 Å². The molecule has 1 aliphatic rings. The molecule has 2 N–H and O–H groups in total. The normalized spacial score (nSPS) is 16.4. The van der Waals surface area contributed by atoms with E-state index in [2.05, 4.69) is 48.3 Å². The molecule has 0 amide bonds. The summed E-state index contributed by atoms with van der Waals surface area (Å²) in [5, 5.41) is 1.29. The molecular formula is C22H27N2O3+. The molecule has 0 saturated carbocycles. The number of H-pyrrole nitrogens is 1. The molecule has 5 nitrogen and oxygen atoms in total. The lowest BCUT2D eigenvalue weighted by Crippen LogP contribution is -3.14. The Hall–Kier alpha value is -2.50.